The minimum absolute atomic E-state index is 0.109. The summed E-state index contributed by atoms with van der Waals surface area (Å²) in [5.74, 6) is -3.35. The van der Waals surface area contributed by atoms with Crippen molar-refractivity contribution < 1.29 is 28.2 Å². The monoisotopic (exact) mass is 327 g/mol. The second-order valence-electron chi connectivity index (χ2n) is 5.73. The Labute approximate surface area is 132 Å². The molecule has 2 N–H and O–H groups in total. The van der Waals surface area contributed by atoms with Crippen LogP contribution in [0, 0.1) is 17.6 Å². The number of carbonyl (C=O) groups excluding carboxylic acids is 1. The molecule has 126 valence electrons. The van der Waals surface area contributed by atoms with E-state index in [0.29, 0.717) is 31.7 Å². The molecule has 0 spiro atoms. The van der Waals surface area contributed by atoms with Gasteiger partial charge >= 0.3 is 5.97 Å². The highest BCUT2D eigenvalue weighted by Gasteiger charge is 2.28. The lowest BCUT2D eigenvalue weighted by molar-refractivity contribution is -0.142. The van der Waals surface area contributed by atoms with E-state index in [1.54, 1.807) is 0 Å². The van der Waals surface area contributed by atoms with Gasteiger partial charge in [-0.05, 0) is 44.7 Å². The number of amides is 1. The first-order valence-corrected chi connectivity index (χ1v) is 7.51. The molecule has 0 bridgehead atoms. The average molecular weight is 327 g/mol. The minimum atomic E-state index is -0.938. The maximum atomic E-state index is 13.5. The van der Waals surface area contributed by atoms with Gasteiger partial charge in [0.1, 0.15) is 5.82 Å². The third-order valence-corrected chi connectivity index (χ3v) is 3.99. The van der Waals surface area contributed by atoms with Crippen LogP contribution in [0.3, 0.4) is 0 Å². The van der Waals surface area contributed by atoms with Crippen LogP contribution in [0.4, 0.5) is 8.78 Å². The van der Waals surface area contributed by atoms with Crippen LogP contribution in [0.5, 0.6) is 5.75 Å². The van der Waals surface area contributed by atoms with E-state index in [4.69, 9.17) is 9.84 Å². The summed E-state index contributed by atoms with van der Waals surface area (Å²) in [6.07, 6.45) is 1.26. The number of hydrogen-bond acceptors (Lipinski definition) is 3. The molecule has 1 saturated carbocycles. The van der Waals surface area contributed by atoms with Crippen LogP contribution in [0.15, 0.2) is 18.2 Å². The Bertz CT molecular complexity index is 585. The number of nitrogens with one attached hydrogen (secondary N) is 1. The number of aliphatic carboxylic acids is 1. The molecule has 23 heavy (non-hydrogen) atoms. The van der Waals surface area contributed by atoms with Crippen LogP contribution in [0.1, 0.15) is 32.6 Å². The summed E-state index contributed by atoms with van der Waals surface area (Å²) in [5, 5.41) is 11.7. The van der Waals surface area contributed by atoms with E-state index in [-0.39, 0.29) is 17.7 Å². The number of rotatable bonds is 5. The Balaban J connectivity index is 1.85. The third-order valence-electron chi connectivity index (χ3n) is 3.99. The lowest BCUT2D eigenvalue weighted by Crippen LogP contribution is -2.44. The first kappa shape index (κ1) is 17.2. The van der Waals surface area contributed by atoms with E-state index in [2.05, 4.69) is 5.32 Å². The van der Waals surface area contributed by atoms with Crippen LogP contribution in [0.25, 0.3) is 0 Å². The van der Waals surface area contributed by atoms with Crippen molar-refractivity contribution in [2.45, 2.75) is 44.8 Å². The van der Waals surface area contributed by atoms with Gasteiger partial charge < -0.3 is 15.2 Å². The van der Waals surface area contributed by atoms with E-state index in [1.807, 2.05) is 0 Å². The zero-order valence-electron chi connectivity index (χ0n) is 12.7. The maximum absolute atomic E-state index is 13.5. The molecule has 1 aromatic rings. The fourth-order valence-electron chi connectivity index (χ4n) is 2.62. The van der Waals surface area contributed by atoms with Gasteiger partial charge in [-0.2, -0.15) is 0 Å². The zero-order chi connectivity index (χ0) is 17.0. The van der Waals surface area contributed by atoms with Crippen molar-refractivity contribution in [3.05, 3.63) is 29.8 Å². The van der Waals surface area contributed by atoms with Gasteiger partial charge in [0, 0.05) is 12.1 Å². The normalized spacial score (nSPS) is 22.2. The summed E-state index contributed by atoms with van der Waals surface area (Å²) >= 11 is 0. The minimum Gasteiger partial charge on any atom is -0.481 e. The standard InChI is InChI=1S/C16H19F2NO4/c1-9(23-14-7-4-11(17)8-13(14)18)15(20)19-12-5-2-10(3-6-12)16(21)22/h4,7-10,12H,2-3,5-6H2,1H3,(H,19,20)(H,21,22). The van der Waals surface area contributed by atoms with Crippen LogP contribution in [-0.2, 0) is 9.59 Å². The van der Waals surface area contributed by atoms with E-state index in [1.165, 1.54) is 6.92 Å². The summed E-state index contributed by atoms with van der Waals surface area (Å²) in [4.78, 5) is 22.9. The molecule has 1 fully saturated rings. The zero-order valence-corrected chi connectivity index (χ0v) is 12.7. The smallest absolute Gasteiger partial charge is 0.306 e. The lowest BCUT2D eigenvalue weighted by Gasteiger charge is -2.27. The summed E-state index contributed by atoms with van der Waals surface area (Å²) in [6, 6.07) is 2.76. The largest absolute Gasteiger partial charge is 0.481 e. The van der Waals surface area contributed by atoms with Gasteiger partial charge in [-0.1, -0.05) is 0 Å². The molecule has 1 aliphatic rings. The highest BCUT2D eigenvalue weighted by atomic mass is 19.1. The molecule has 0 saturated heterocycles. The SMILES string of the molecule is CC(Oc1ccc(F)cc1F)C(=O)NC1CCC(C(=O)O)CC1. The quantitative estimate of drug-likeness (QED) is 0.871. The molecule has 1 amide bonds. The topological polar surface area (TPSA) is 75.6 Å². The number of hydrogen-bond donors (Lipinski definition) is 2. The average Bonchev–Trinajstić information content (AvgIpc) is 2.50. The molecule has 0 heterocycles. The lowest BCUT2D eigenvalue weighted by atomic mass is 9.86. The number of benzene rings is 1. The number of carboxylic acid groups (broad SMARTS) is 1. The molecule has 5 nitrogen and oxygen atoms in total. The summed E-state index contributed by atoms with van der Waals surface area (Å²) in [5.41, 5.74) is 0. The molecule has 1 aromatic carbocycles. The molecule has 0 radical (unpaired) electrons. The van der Waals surface area contributed by atoms with Crippen LogP contribution < -0.4 is 10.1 Å². The Morgan fingerprint density at radius 3 is 2.48 bits per heavy atom. The van der Waals surface area contributed by atoms with Crippen molar-refractivity contribution in [3.8, 4) is 5.75 Å². The van der Waals surface area contributed by atoms with Gasteiger partial charge in [0.25, 0.3) is 5.91 Å². The van der Waals surface area contributed by atoms with Gasteiger partial charge in [-0.25, -0.2) is 8.78 Å². The number of carbonyl (C=O) groups is 2. The first-order valence-electron chi connectivity index (χ1n) is 7.51. The van der Waals surface area contributed by atoms with E-state index >= 15 is 0 Å². The van der Waals surface area contributed by atoms with Crippen LogP contribution >= 0.6 is 0 Å². The van der Waals surface area contributed by atoms with Crippen molar-refractivity contribution in [2.75, 3.05) is 0 Å². The molecule has 1 unspecified atom stereocenters. The highest BCUT2D eigenvalue weighted by molar-refractivity contribution is 5.81. The fourth-order valence-corrected chi connectivity index (χ4v) is 2.62. The fraction of sp³-hybridized carbons (Fsp3) is 0.500. The van der Waals surface area contributed by atoms with Gasteiger partial charge in [0.05, 0.1) is 5.92 Å². The van der Waals surface area contributed by atoms with Gasteiger partial charge in [0.2, 0.25) is 0 Å². The Morgan fingerprint density at radius 1 is 1.26 bits per heavy atom. The predicted molar refractivity (Wildman–Crippen MR) is 78.0 cm³/mol. The molecule has 0 aromatic heterocycles. The van der Waals surface area contributed by atoms with E-state index < -0.39 is 29.6 Å². The van der Waals surface area contributed by atoms with E-state index in [0.717, 1.165) is 12.1 Å². The van der Waals surface area contributed by atoms with Crippen molar-refractivity contribution >= 4 is 11.9 Å². The second kappa shape index (κ2) is 7.39. The van der Waals surface area contributed by atoms with Crippen LogP contribution in [0.2, 0.25) is 0 Å². The van der Waals surface area contributed by atoms with Crippen molar-refractivity contribution in [1.82, 2.24) is 5.32 Å². The predicted octanol–water partition coefficient (Wildman–Crippen LogP) is 2.49. The summed E-state index contributed by atoms with van der Waals surface area (Å²) in [6.45, 7) is 1.47. The van der Waals surface area contributed by atoms with Crippen LogP contribution in [-0.4, -0.2) is 29.1 Å². The number of halogens is 2. The summed E-state index contributed by atoms with van der Waals surface area (Å²) < 4.78 is 31.5. The number of carboxylic acids is 1. The molecule has 7 heteroatoms. The van der Waals surface area contributed by atoms with Crippen molar-refractivity contribution in [3.63, 3.8) is 0 Å². The molecule has 1 aliphatic carbocycles. The van der Waals surface area contributed by atoms with Gasteiger partial charge in [0.15, 0.2) is 17.7 Å². The Kier molecular flexibility index (Phi) is 5.52. The third kappa shape index (κ3) is 4.64. The Hall–Kier alpha value is -2.18. The highest BCUT2D eigenvalue weighted by Crippen LogP contribution is 2.25. The first-order chi connectivity index (χ1) is 10.9. The molecule has 0 aliphatic heterocycles. The molecule has 1 atom stereocenters. The van der Waals surface area contributed by atoms with Crippen molar-refractivity contribution in [1.29, 1.82) is 0 Å². The molecular formula is C16H19F2NO4. The van der Waals surface area contributed by atoms with E-state index in [9.17, 15) is 18.4 Å². The van der Waals surface area contributed by atoms with Gasteiger partial charge in [-0.15, -0.1) is 0 Å². The molecule has 2 rings (SSSR count). The Morgan fingerprint density at radius 2 is 1.91 bits per heavy atom. The van der Waals surface area contributed by atoms with Gasteiger partial charge in [-0.3, -0.25) is 9.59 Å². The number of ether oxygens (including phenoxy) is 1. The summed E-state index contributed by atoms with van der Waals surface area (Å²) in [7, 11) is 0. The van der Waals surface area contributed by atoms with Crippen molar-refractivity contribution in [2.24, 2.45) is 5.92 Å². The molecular weight excluding hydrogens is 308 g/mol. The maximum Gasteiger partial charge on any atom is 0.306 e. The second-order valence-corrected chi connectivity index (χ2v) is 5.73.